The molecule has 2 fully saturated rings. The van der Waals surface area contributed by atoms with Crippen LogP contribution in [-0.4, -0.2) is 173 Å². The number of aryl methyl sites for hydroxylation is 2. The highest BCUT2D eigenvalue weighted by atomic mass is 32.1. The number of carbonyl (C=O) groups excluding carboxylic acids is 6. The molecule has 0 aliphatic carbocycles. The molecule has 2 aromatic carbocycles. The summed E-state index contributed by atoms with van der Waals surface area (Å²) in [5.74, 6) is -3.53. The predicted octanol–water partition coefficient (Wildman–Crippen LogP) is 4.69. The van der Waals surface area contributed by atoms with Crippen LogP contribution < -0.4 is 31.2 Å². The predicted molar refractivity (Wildman–Crippen MR) is 298 cm³/mol. The lowest BCUT2D eigenvalue weighted by atomic mass is 9.85. The summed E-state index contributed by atoms with van der Waals surface area (Å²) >= 11 is 1.55. The van der Waals surface area contributed by atoms with Crippen molar-refractivity contribution in [1.29, 1.82) is 0 Å². The van der Waals surface area contributed by atoms with Gasteiger partial charge in [-0.2, -0.15) is 0 Å². The van der Waals surface area contributed by atoms with Gasteiger partial charge in [0.15, 0.2) is 6.17 Å². The van der Waals surface area contributed by atoms with Gasteiger partial charge in [-0.3, -0.25) is 28.8 Å². The number of nitrogens with zero attached hydrogens (tertiary/aromatic N) is 6. The number of aliphatic hydroxyl groups excluding tert-OH is 1. The molecular formula is C57H70F4N10O12S. The molecule has 5 heterocycles. The topological polar surface area (TPSA) is 281 Å². The Kier molecular flexibility index (Phi) is 22.7. The lowest BCUT2D eigenvalue weighted by Gasteiger charge is -2.35. The molecule has 6 amide bonds. The maximum Gasteiger partial charge on any atom is 0.573 e. The second-order valence-electron chi connectivity index (χ2n) is 21.3. The number of piperidine rings is 1. The number of β-amino-alcohol motifs (C(OH)–C–C–N with tert-alkyl or cyclic N) is 1. The number of primary amides is 1. The van der Waals surface area contributed by atoms with Crippen molar-refractivity contribution in [2.45, 2.75) is 110 Å². The lowest BCUT2D eigenvalue weighted by Crippen LogP contribution is -2.58. The van der Waals surface area contributed by atoms with Crippen LogP contribution in [0, 0.1) is 12.3 Å². The van der Waals surface area contributed by atoms with Crippen LogP contribution >= 0.6 is 11.3 Å². The summed E-state index contributed by atoms with van der Waals surface area (Å²) in [6.07, 6.45) is -3.15. The number of imidazole rings is 1. The summed E-state index contributed by atoms with van der Waals surface area (Å²) in [5.41, 5.74) is 10.7. The Morgan fingerprint density at radius 2 is 1.57 bits per heavy atom. The summed E-state index contributed by atoms with van der Waals surface area (Å²) in [5, 5.41) is 19.0. The molecule has 27 heteroatoms. The Morgan fingerprint density at radius 1 is 0.869 bits per heavy atom. The van der Waals surface area contributed by atoms with Crippen LogP contribution in [0.2, 0.25) is 0 Å². The maximum atomic E-state index is 15.4. The molecular weight excluding hydrogens is 1120 g/mol. The van der Waals surface area contributed by atoms with E-state index < -0.39 is 77.5 Å². The third-order valence-corrected chi connectivity index (χ3v) is 14.7. The normalized spacial score (nSPS) is 17.6. The highest BCUT2D eigenvalue weighted by Crippen LogP contribution is 2.31. The fraction of sp³-hybridized carbons (Fsp3) is 0.491. The van der Waals surface area contributed by atoms with Gasteiger partial charge in [0.05, 0.1) is 80.2 Å². The van der Waals surface area contributed by atoms with E-state index in [-0.39, 0.29) is 115 Å². The number of hydrogen-bond donors (Lipinski definition) is 5. The van der Waals surface area contributed by atoms with Crippen LogP contribution in [0.15, 0.2) is 78.8 Å². The van der Waals surface area contributed by atoms with Crippen molar-refractivity contribution in [3.05, 3.63) is 101 Å². The number of nitrogens with two attached hydrogens (primary N) is 1. The number of likely N-dealkylation sites (tertiary alicyclic amines) is 2. The van der Waals surface area contributed by atoms with Gasteiger partial charge in [0.25, 0.3) is 5.91 Å². The Bertz CT molecular complexity index is 3030. The number of benzene rings is 2. The van der Waals surface area contributed by atoms with E-state index in [1.807, 2.05) is 31.2 Å². The third-order valence-electron chi connectivity index (χ3n) is 13.7. The summed E-state index contributed by atoms with van der Waals surface area (Å²) in [6.45, 7) is 8.65. The van der Waals surface area contributed by atoms with Gasteiger partial charge >= 0.3 is 6.36 Å². The van der Waals surface area contributed by atoms with Gasteiger partial charge in [-0.1, -0.05) is 57.2 Å². The number of amides is 6. The fourth-order valence-corrected chi connectivity index (χ4v) is 10.1. The van der Waals surface area contributed by atoms with Crippen molar-refractivity contribution in [3.63, 3.8) is 0 Å². The van der Waals surface area contributed by atoms with Crippen molar-refractivity contribution in [3.8, 4) is 33.3 Å². The van der Waals surface area contributed by atoms with Gasteiger partial charge in [0.1, 0.15) is 36.1 Å². The van der Waals surface area contributed by atoms with E-state index in [0.717, 1.165) is 33.8 Å². The van der Waals surface area contributed by atoms with Crippen LogP contribution in [0.5, 0.6) is 11.6 Å². The fourth-order valence-electron chi connectivity index (χ4n) is 9.34. The molecule has 0 unspecified atom stereocenters. The SMILES string of the molecule is Cc1ncsc1-c1ccc(CNC(=O)[C@@H]2C[C@@H](O)CN2C(=O)[C@@H](NC(=O)COCCOCCOCCNC(=O)CCCn2cnc(-c3cnc(O[C@@H]4CCN(C(=O)Cc5ccc(OC(F)(F)F)cc5)C[C@H]4F)c(C(N)=O)c3)c2)C(C)(C)C)cc1. The summed E-state index contributed by atoms with van der Waals surface area (Å²) in [6, 6.07) is 12.1. The molecule has 2 aliphatic rings. The van der Waals surface area contributed by atoms with Gasteiger partial charge in [-0.25, -0.2) is 19.3 Å². The number of aliphatic hydroxyl groups is 1. The number of hydrogen-bond acceptors (Lipinski definition) is 16. The Hall–Kier alpha value is -7.59. The second kappa shape index (κ2) is 29.8. The zero-order valence-corrected chi connectivity index (χ0v) is 47.8. The maximum absolute atomic E-state index is 15.4. The molecule has 0 spiro atoms. The molecule has 3 aromatic heterocycles. The van der Waals surface area contributed by atoms with Crippen LogP contribution in [0.1, 0.15) is 73.6 Å². The van der Waals surface area contributed by atoms with E-state index in [1.54, 1.807) is 54.7 Å². The van der Waals surface area contributed by atoms with Crippen LogP contribution in [-0.2, 0) is 57.7 Å². The molecule has 2 aliphatic heterocycles. The minimum Gasteiger partial charge on any atom is -0.471 e. The number of ether oxygens (including phenoxy) is 5. The van der Waals surface area contributed by atoms with Crippen molar-refractivity contribution < 1.29 is 75.1 Å². The summed E-state index contributed by atoms with van der Waals surface area (Å²) in [7, 11) is 0. The first-order valence-corrected chi connectivity index (χ1v) is 28.2. The highest BCUT2D eigenvalue weighted by Gasteiger charge is 2.44. The highest BCUT2D eigenvalue weighted by molar-refractivity contribution is 7.13. The minimum atomic E-state index is -4.85. The average Bonchev–Trinajstić information content (AvgIpc) is 4.36. The van der Waals surface area contributed by atoms with E-state index in [9.17, 15) is 47.0 Å². The number of halogens is 4. The molecule has 5 atom stereocenters. The zero-order valence-electron chi connectivity index (χ0n) is 47.0. The number of nitrogens with one attached hydrogen (secondary N) is 3. The van der Waals surface area contributed by atoms with E-state index >= 15 is 4.39 Å². The molecule has 22 nitrogen and oxygen atoms in total. The lowest BCUT2D eigenvalue weighted by molar-refractivity contribution is -0.274. The van der Waals surface area contributed by atoms with Gasteiger partial charge in [0.2, 0.25) is 35.4 Å². The van der Waals surface area contributed by atoms with Crippen molar-refractivity contribution >= 4 is 46.8 Å². The molecule has 5 aromatic rings. The molecule has 454 valence electrons. The van der Waals surface area contributed by atoms with Gasteiger partial charge < -0.3 is 64.8 Å². The average molecular weight is 1200 g/mol. The monoisotopic (exact) mass is 1190 g/mol. The van der Waals surface area contributed by atoms with Crippen molar-refractivity contribution in [1.82, 2.24) is 45.3 Å². The van der Waals surface area contributed by atoms with E-state index in [1.165, 1.54) is 34.2 Å². The summed E-state index contributed by atoms with van der Waals surface area (Å²) < 4.78 is 80.9. The van der Waals surface area contributed by atoms with Crippen LogP contribution in [0.4, 0.5) is 17.6 Å². The number of pyridine rings is 1. The third kappa shape index (κ3) is 19.0. The Morgan fingerprint density at radius 3 is 2.24 bits per heavy atom. The Labute approximate surface area is 486 Å². The van der Waals surface area contributed by atoms with Gasteiger partial charge in [-0.05, 0) is 53.6 Å². The van der Waals surface area contributed by atoms with Gasteiger partial charge in [-0.15, -0.1) is 24.5 Å². The first-order chi connectivity index (χ1) is 40.0. The summed E-state index contributed by atoms with van der Waals surface area (Å²) in [4.78, 5) is 94.9. The molecule has 7 rings (SSSR count). The standard InChI is InChI=1S/C57H70F4N10O12S/c1-35-50(84-34-67-35)38-11-7-37(8-12-38)27-64-53(77)45-26-40(72)29-71(45)55(78)51(56(2,3)4)68-48(74)32-81-23-22-80-21-20-79-19-16-63-47(73)6-5-17-69-31-44(66-33-69)39-25-42(52(62)76)54(65-28-39)82-46-15-18-70(30-43(46)58)49(75)24-36-9-13-41(14-10-36)83-57(59,60)61/h7-14,25,28,31,33-34,40,43,45-46,51,72H,5-6,15-24,26-27,29-30,32H2,1-4H3,(H2,62,76)(H,63,73)(H,64,77)(H,68,74)/t40-,43-,45+,46-,51-/m1/s1. The number of rotatable bonds is 28. The van der Waals surface area contributed by atoms with Crippen LogP contribution in [0.25, 0.3) is 21.7 Å². The number of thiazole rings is 1. The number of carbonyl (C=O) groups is 6. The molecule has 2 saturated heterocycles. The van der Waals surface area contributed by atoms with E-state index in [4.69, 9.17) is 24.7 Å². The molecule has 84 heavy (non-hydrogen) atoms. The zero-order chi connectivity index (χ0) is 60.6. The van der Waals surface area contributed by atoms with Crippen LogP contribution in [0.3, 0.4) is 0 Å². The molecule has 0 bridgehead atoms. The minimum absolute atomic E-state index is 0.0526. The van der Waals surface area contributed by atoms with E-state index in [0.29, 0.717) is 29.8 Å². The number of alkyl halides is 4. The first kappa shape index (κ1) is 64.0. The van der Waals surface area contributed by atoms with Gasteiger partial charge in [0, 0.05) is 69.9 Å². The molecule has 6 N–H and O–H groups in total. The molecule has 0 radical (unpaired) electrons. The Balaban J connectivity index is 0.725. The second-order valence-corrected chi connectivity index (χ2v) is 22.1. The smallest absolute Gasteiger partial charge is 0.471 e. The largest absolute Gasteiger partial charge is 0.573 e. The van der Waals surface area contributed by atoms with Crippen molar-refractivity contribution in [2.75, 3.05) is 65.8 Å². The molecule has 0 saturated carbocycles. The van der Waals surface area contributed by atoms with Crippen molar-refractivity contribution in [2.24, 2.45) is 11.1 Å². The number of aromatic nitrogens is 4. The quantitative estimate of drug-likeness (QED) is 0.0336. The van der Waals surface area contributed by atoms with E-state index in [2.05, 4.69) is 35.6 Å². The first-order valence-electron chi connectivity index (χ1n) is 27.3.